The van der Waals surface area contributed by atoms with Crippen LogP contribution in [0, 0.1) is 5.92 Å². The summed E-state index contributed by atoms with van der Waals surface area (Å²) in [6, 6.07) is 1.78. The van der Waals surface area contributed by atoms with Crippen molar-refractivity contribution in [3.8, 4) is 5.88 Å². The average Bonchev–Trinajstić information content (AvgIpc) is 2.46. The zero-order valence-corrected chi connectivity index (χ0v) is 13.6. The molecule has 5 nitrogen and oxygen atoms in total. The Morgan fingerprint density at radius 1 is 1.33 bits per heavy atom. The van der Waals surface area contributed by atoms with Crippen molar-refractivity contribution in [2.75, 3.05) is 5.43 Å². The first-order chi connectivity index (χ1) is 9.92. The Balaban J connectivity index is 2.15. The van der Waals surface area contributed by atoms with Gasteiger partial charge in [0.05, 0.1) is 0 Å². The van der Waals surface area contributed by atoms with Gasteiger partial charge >= 0.3 is 0 Å². The molecule has 3 N–H and O–H groups in total. The highest BCUT2D eigenvalue weighted by molar-refractivity contribution is 5.38. The third-order valence-electron chi connectivity index (χ3n) is 4.12. The minimum absolute atomic E-state index is 0.135. The summed E-state index contributed by atoms with van der Waals surface area (Å²) in [7, 11) is 0. The predicted octanol–water partition coefficient (Wildman–Crippen LogP) is 3.41. The van der Waals surface area contributed by atoms with Gasteiger partial charge in [-0.3, -0.25) is 0 Å². The first kappa shape index (κ1) is 16.0. The smallest absolute Gasteiger partial charge is 0.219 e. The molecule has 2 atom stereocenters. The van der Waals surface area contributed by atoms with Gasteiger partial charge in [-0.25, -0.2) is 10.8 Å². The third kappa shape index (κ3) is 4.30. The lowest BCUT2D eigenvalue weighted by molar-refractivity contribution is 0.116. The van der Waals surface area contributed by atoms with Crippen LogP contribution in [0.15, 0.2) is 6.07 Å². The van der Waals surface area contributed by atoms with E-state index < -0.39 is 0 Å². The standard InChI is InChI=1S/C16H28N4O/c1-5-11-7-6-8-12(9-11)21-14-10-13(20-17)18-15(19-14)16(2,3)4/h10-12H,5-9,17H2,1-4H3,(H,18,19,20). The third-order valence-corrected chi connectivity index (χ3v) is 4.12. The molecular formula is C16H28N4O. The molecule has 5 heteroatoms. The van der Waals surface area contributed by atoms with Crippen LogP contribution in [0.5, 0.6) is 5.88 Å². The molecule has 1 saturated carbocycles. The van der Waals surface area contributed by atoms with E-state index in [0.717, 1.165) is 24.6 Å². The fourth-order valence-corrected chi connectivity index (χ4v) is 2.78. The quantitative estimate of drug-likeness (QED) is 0.657. The van der Waals surface area contributed by atoms with Gasteiger partial charge in [0.2, 0.25) is 5.88 Å². The van der Waals surface area contributed by atoms with E-state index in [-0.39, 0.29) is 11.5 Å². The molecule has 118 valence electrons. The molecule has 1 aliphatic rings. The SMILES string of the molecule is CCC1CCCC(Oc2cc(NN)nc(C(C)(C)C)n2)C1. The van der Waals surface area contributed by atoms with E-state index >= 15 is 0 Å². The summed E-state index contributed by atoms with van der Waals surface area (Å²) in [6.07, 6.45) is 6.28. The number of nitrogen functional groups attached to an aromatic ring is 1. The van der Waals surface area contributed by atoms with Gasteiger partial charge in [0.1, 0.15) is 17.7 Å². The normalized spacial score (nSPS) is 22.9. The number of nitrogens with zero attached hydrogens (tertiary/aromatic N) is 2. The molecule has 1 aromatic rings. The Morgan fingerprint density at radius 2 is 2.10 bits per heavy atom. The van der Waals surface area contributed by atoms with Crippen molar-refractivity contribution >= 4 is 5.82 Å². The van der Waals surface area contributed by atoms with E-state index in [1.165, 1.54) is 19.3 Å². The van der Waals surface area contributed by atoms with Gasteiger partial charge in [0.25, 0.3) is 0 Å². The molecule has 1 fully saturated rings. The lowest BCUT2D eigenvalue weighted by Gasteiger charge is -2.29. The van der Waals surface area contributed by atoms with Crippen LogP contribution in [0.1, 0.15) is 65.6 Å². The number of rotatable bonds is 4. The topological polar surface area (TPSA) is 73.1 Å². The Morgan fingerprint density at radius 3 is 2.71 bits per heavy atom. The van der Waals surface area contributed by atoms with E-state index in [4.69, 9.17) is 10.6 Å². The van der Waals surface area contributed by atoms with Gasteiger partial charge in [-0.15, -0.1) is 0 Å². The van der Waals surface area contributed by atoms with Gasteiger partial charge in [-0.2, -0.15) is 4.98 Å². The Kier molecular flexibility index (Phi) is 5.04. The summed E-state index contributed by atoms with van der Waals surface area (Å²) in [5.41, 5.74) is 2.47. The summed E-state index contributed by atoms with van der Waals surface area (Å²) >= 11 is 0. The zero-order valence-electron chi connectivity index (χ0n) is 13.6. The second kappa shape index (κ2) is 6.60. The average molecular weight is 292 g/mol. The van der Waals surface area contributed by atoms with E-state index in [1.807, 2.05) is 0 Å². The number of nitrogens with two attached hydrogens (primary N) is 1. The van der Waals surface area contributed by atoms with Gasteiger partial charge in [0, 0.05) is 11.5 Å². The van der Waals surface area contributed by atoms with Crippen molar-refractivity contribution in [2.24, 2.45) is 11.8 Å². The number of hydrogen-bond donors (Lipinski definition) is 2. The summed E-state index contributed by atoms with van der Waals surface area (Å²) in [4.78, 5) is 8.99. The van der Waals surface area contributed by atoms with Crippen molar-refractivity contribution in [3.63, 3.8) is 0 Å². The van der Waals surface area contributed by atoms with E-state index in [1.54, 1.807) is 6.07 Å². The number of hydrogen-bond acceptors (Lipinski definition) is 5. The summed E-state index contributed by atoms with van der Waals surface area (Å²) in [5.74, 6) is 8.27. The van der Waals surface area contributed by atoms with Crippen molar-refractivity contribution in [3.05, 3.63) is 11.9 Å². The molecule has 1 heterocycles. The fraction of sp³-hybridized carbons (Fsp3) is 0.750. The summed E-state index contributed by atoms with van der Waals surface area (Å²) in [5, 5.41) is 0. The molecule has 2 rings (SSSR count). The lowest BCUT2D eigenvalue weighted by Crippen LogP contribution is -2.26. The van der Waals surface area contributed by atoms with Crippen molar-refractivity contribution in [1.82, 2.24) is 9.97 Å². The number of ether oxygens (including phenoxy) is 1. The van der Waals surface area contributed by atoms with Gasteiger partial charge in [-0.1, -0.05) is 40.5 Å². The monoisotopic (exact) mass is 292 g/mol. The molecule has 0 bridgehead atoms. The number of hydrazine groups is 1. The van der Waals surface area contributed by atoms with Crippen LogP contribution >= 0.6 is 0 Å². The lowest BCUT2D eigenvalue weighted by atomic mass is 9.85. The van der Waals surface area contributed by atoms with Crippen LogP contribution in [0.2, 0.25) is 0 Å². The summed E-state index contributed by atoms with van der Waals surface area (Å²) in [6.45, 7) is 8.51. The van der Waals surface area contributed by atoms with Crippen LogP contribution in [-0.2, 0) is 5.41 Å². The number of nitrogens with one attached hydrogen (secondary N) is 1. The highest BCUT2D eigenvalue weighted by Gasteiger charge is 2.24. The molecular weight excluding hydrogens is 264 g/mol. The maximum Gasteiger partial charge on any atom is 0.219 e. The first-order valence-corrected chi connectivity index (χ1v) is 7.95. The van der Waals surface area contributed by atoms with Crippen LogP contribution in [0.4, 0.5) is 5.82 Å². The molecule has 0 aromatic carbocycles. The molecule has 0 radical (unpaired) electrons. The molecule has 0 spiro atoms. The van der Waals surface area contributed by atoms with Gasteiger partial charge in [0.15, 0.2) is 0 Å². The predicted molar refractivity (Wildman–Crippen MR) is 85.2 cm³/mol. The maximum absolute atomic E-state index is 6.12. The van der Waals surface area contributed by atoms with E-state index in [9.17, 15) is 0 Å². The van der Waals surface area contributed by atoms with Crippen LogP contribution in [-0.4, -0.2) is 16.1 Å². The molecule has 21 heavy (non-hydrogen) atoms. The number of aromatic nitrogens is 2. The van der Waals surface area contributed by atoms with E-state index in [0.29, 0.717) is 11.7 Å². The molecule has 0 aliphatic heterocycles. The molecule has 2 unspecified atom stereocenters. The zero-order chi connectivity index (χ0) is 15.5. The van der Waals surface area contributed by atoms with Crippen molar-refractivity contribution in [2.45, 2.75) is 71.3 Å². The second-order valence-electron chi connectivity index (χ2n) is 6.99. The van der Waals surface area contributed by atoms with Crippen LogP contribution < -0.4 is 16.0 Å². The maximum atomic E-state index is 6.12. The highest BCUT2D eigenvalue weighted by atomic mass is 16.5. The highest BCUT2D eigenvalue weighted by Crippen LogP contribution is 2.30. The second-order valence-corrected chi connectivity index (χ2v) is 6.99. The van der Waals surface area contributed by atoms with Crippen molar-refractivity contribution < 1.29 is 4.74 Å². The Labute approximate surface area is 127 Å². The largest absolute Gasteiger partial charge is 0.474 e. The molecule has 0 amide bonds. The van der Waals surface area contributed by atoms with Gasteiger partial charge < -0.3 is 10.2 Å². The Hall–Kier alpha value is -1.36. The minimum atomic E-state index is -0.135. The fourth-order valence-electron chi connectivity index (χ4n) is 2.78. The van der Waals surface area contributed by atoms with Crippen molar-refractivity contribution in [1.29, 1.82) is 0 Å². The van der Waals surface area contributed by atoms with Crippen LogP contribution in [0.3, 0.4) is 0 Å². The molecule has 1 aliphatic carbocycles. The Bertz CT molecular complexity index is 470. The molecule has 0 saturated heterocycles. The van der Waals surface area contributed by atoms with Crippen LogP contribution in [0.25, 0.3) is 0 Å². The van der Waals surface area contributed by atoms with Gasteiger partial charge in [-0.05, 0) is 25.2 Å². The number of anilines is 1. The van der Waals surface area contributed by atoms with E-state index in [2.05, 4.69) is 43.1 Å². The first-order valence-electron chi connectivity index (χ1n) is 7.95. The minimum Gasteiger partial charge on any atom is -0.474 e. The summed E-state index contributed by atoms with van der Waals surface area (Å²) < 4.78 is 6.12. The molecule has 1 aromatic heterocycles.